The highest BCUT2D eigenvalue weighted by Crippen LogP contribution is 2.21. The molecule has 0 bridgehead atoms. The third-order valence-electron chi connectivity index (χ3n) is 4.40. The van der Waals surface area contributed by atoms with Crippen molar-refractivity contribution in [1.82, 2.24) is 14.5 Å². The predicted molar refractivity (Wildman–Crippen MR) is 91.8 cm³/mol. The van der Waals surface area contributed by atoms with Crippen LogP contribution in [0.4, 0.5) is 0 Å². The van der Waals surface area contributed by atoms with Crippen LogP contribution < -0.4 is 11.3 Å². The van der Waals surface area contributed by atoms with Crippen molar-refractivity contribution < 1.29 is 9.59 Å². The second-order valence-electron chi connectivity index (χ2n) is 6.04. The largest absolute Gasteiger partial charge is 0.369 e. The monoisotopic (exact) mass is 348 g/mol. The predicted octanol–water partition coefficient (Wildman–Crippen LogP) is 0.744. The average molecular weight is 348 g/mol. The number of hydrogen-bond donors (Lipinski definition) is 1. The van der Waals surface area contributed by atoms with Crippen LogP contribution in [0.5, 0.6) is 0 Å². The third-order valence-corrected chi connectivity index (χ3v) is 5.59. The molecule has 0 radical (unpaired) electrons. The van der Waals surface area contributed by atoms with E-state index in [0.717, 1.165) is 17.7 Å². The molecule has 3 heterocycles. The van der Waals surface area contributed by atoms with Crippen molar-refractivity contribution in [1.29, 1.82) is 0 Å². The van der Waals surface area contributed by atoms with Crippen molar-refractivity contribution in [2.45, 2.75) is 32.7 Å². The lowest BCUT2D eigenvalue weighted by Crippen LogP contribution is -2.45. The van der Waals surface area contributed by atoms with Gasteiger partial charge in [-0.3, -0.25) is 19.0 Å². The highest BCUT2D eigenvalue weighted by atomic mass is 32.1. The highest BCUT2D eigenvalue weighted by Gasteiger charge is 2.27. The Balaban J connectivity index is 1.79. The van der Waals surface area contributed by atoms with E-state index in [1.807, 2.05) is 13.0 Å². The fraction of sp³-hybridized carbons (Fsp3) is 0.500. The molecule has 1 unspecified atom stereocenters. The van der Waals surface area contributed by atoms with Crippen LogP contribution in [-0.2, 0) is 22.6 Å². The molecular weight excluding hydrogens is 328 g/mol. The van der Waals surface area contributed by atoms with E-state index in [9.17, 15) is 14.4 Å². The summed E-state index contributed by atoms with van der Waals surface area (Å²) in [5.41, 5.74) is 5.14. The van der Waals surface area contributed by atoms with E-state index in [0.29, 0.717) is 29.7 Å². The van der Waals surface area contributed by atoms with E-state index in [-0.39, 0.29) is 29.8 Å². The van der Waals surface area contributed by atoms with Gasteiger partial charge in [0, 0.05) is 18.0 Å². The van der Waals surface area contributed by atoms with Crippen LogP contribution >= 0.6 is 11.3 Å². The zero-order chi connectivity index (χ0) is 17.3. The number of piperidine rings is 1. The van der Waals surface area contributed by atoms with Crippen molar-refractivity contribution in [3.63, 3.8) is 0 Å². The first kappa shape index (κ1) is 16.6. The highest BCUT2D eigenvalue weighted by molar-refractivity contribution is 7.18. The number of nitrogens with two attached hydrogens (primary N) is 1. The van der Waals surface area contributed by atoms with E-state index in [4.69, 9.17) is 5.73 Å². The van der Waals surface area contributed by atoms with E-state index >= 15 is 0 Å². The van der Waals surface area contributed by atoms with Crippen molar-refractivity contribution >= 4 is 33.4 Å². The lowest BCUT2D eigenvalue weighted by Gasteiger charge is -2.31. The lowest BCUT2D eigenvalue weighted by molar-refractivity contribution is -0.135. The minimum atomic E-state index is -0.377. The molecule has 0 spiro atoms. The Kier molecular flexibility index (Phi) is 4.66. The topological polar surface area (TPSA) is 98.3 Å². The molecule has 0 aliphatic carbocycles. The number of likely N-dealkylation sites (tertiary alicyclic amines) is 1. The molecule has 2 N–H and O–H groups in total. The molecule has 2 aromatic heterocycles. The fourth-order valence-corrected chi connectivity index (χ4v) is 3.90. The van der Waals surface area contributed by atoms with E-state index < -0.39 is 0 Å². The Morgan fingerprint density at radius 2 is 2.25 bits per heavy atom. The summed E-state index contributed by atoms with van der Waals surface area (Å²) in [6, 6.07) is 1.85. The maximum atomic E-state index is 12.5. The van der Waals surface area contributed by atoms with Gasteiger partial charge in [0.1, 0.15) is 11.4 Å². The summed E-state index contributed by atoms with van der Waals surface area (Å²) in [5.74, 6) is -0.864. The first-order valence-corrected chi connectivity index (χ1v) is 8.86. The Hall–Kier alpha value is -2.22. The molecule has 1 saturated heterocycles. The SMILES string of the molecule is CCc1cc2c(=O)n(CC(=O)N3CCCC(C(N)=O)C3)cnc2s1. The maximum absolute atomic E-state index is 12.5. The smallest absolute Gasteiger partial charge is 0.262 e. The van der Waals surface area contributed by atoms with Crippen LogP contribution in [0, 0.1) is 5.92 Å². The first-order valence-electron chi connectivity index (χ1n) is 8.04. The minimum Gasteiger partial charge on any atom is -0.369 e. The molecule has 24 heavy (non-hydrogen) atoms. The first-order chi connectivity index (χ1) is 11.5. The molecule has 1 fully saturated rings. The van der Waals surface area contributed by atoms with Gasteiger partial charge in [-0.15, -0.1) is 11.3 Å². The molecule has 1 aliphatic rings. The molecule has 3 rings (SSSR count). The van der Waals surface area contributed by atoms with Gasteiger partial charge in [-0.2, -0.15) is 0 Å². The second kappa shape index (κ2) is 6.72. The Labute approximate surface area is 143 Å². The van der Waals surface area contributed by atoms with E-state index in [1.165, 1.54) is 22.2 Å². The molecule has 1 atom stereocenters. The maximum Gasteiger partial charge on any atom is 0.262 e. The Morgan fingerprint density at radius 3 is 2.96 bits per heavy atom. The number of carbonyl (C=O) groups excluding carboxylic acids is 2. The van der Waals surface area contributed by atoms with Gasteiger partial charge in [-0.25, -0.2) is 4.98 Å². The number of primary amides is 1. The number of aromatic nitrogens is 2. The normalized spacial score (nSPS) is 18.0. The molecule has 7 nitrogen and oxygen atoms in total. The molecule has 1 aliphatic heterocycles. The number of rotatable bonds is 4. The van der Waals surface area contributed by atoms with Crippen LogP contribution in [0.2, 0.25) is 0 Å². The summed E-state index contributed by atoms with van der Waals surface area (Å²) in [6.45, 7) is 2.88. The number of carbonyl (C=O) groups is 2. The van der Waals surface area contributed by atoms with Crippen molar-refractivity contribution in [3.8, 4) is 0 Å². The molecule has 2 aromatic rings. The number of thiophene rings is 1. The van der Waals surface area contributed by atoms with Crippen LogP contribution in [0.15, 0.2) is 17.2 Å². The van der Waals surface area contributed by atoms with Crippen LogP contribution in [-0.4, -0.2) is 39.4 Å². The zero-order valence-corrected chi connectivity index (χ0v) is 14.3. The van der Waals surface area contributed by atoms with Crippen molar-refractivity contribution in [2.24, 2.45) is 11.7 Å². The lowest BCUT2D eigenvalue weighted by atomic mass is 9.97. The average Bonchev–Trinajstić information content (AvgIpc) is 3.01. The Morgan fingerprint density at radius 1 is 1.46 bits per heavy atom. The van der Waals surface area contributed by atoms with Crippen LogP contribution in [0.1, 0.15) is 24.6 Å². The molecule has 0 aromatic carbocycles. The summed E-state index contributed by atoms with van der Waals surface area (Å²) < 4.78 is 1.34. The number of nitrogens with zero attached hydrogens (tertiary/aromatic N) is 3. The fourth-order valence-electron chi connectivity index (χ4n) is 2.98. The van der Waals surface area contributed by atoms with Gasteiger partial charge in [0.2, 0.25) is 11.8 Å². The second-order valence-corrected chi connectivity index (χ2v) is 7.16. The van der Waals surface area contributed by atoms with Gasteiger partial charge in [-0.05, 0) is 25.3 Å². The molecule has 0 saturated carbocycles. The summed E-state index contributed by atoms with van der Waals surface area (Å²) in [7, 11) is 0. The molecule has 128 valence electrons. The van der Waals surface area contributed by atoms with E-state index in [2.05, 4.69) is 4.98 Å². The van der Waals surface area contributed by atoms with Gasteiger partial charge < -0.3 is 10.6 Å². The van der Waals surface area contributed by atoms with Crippen molar-refractivity contribution in [2.75, 3.05) is 13.1 Å². The number of aryl methyl sites for hydroxylation is 1. The summed E-state index contributed by atoms with van der Waals surface area (Å²) >= 11 is 1.50. The van der Waals surface area contributed by atoms with Crippen LogP contribution in [0.25, 0.3) is 10.2 Å². The number of fused-ring (bicyclic) bond motifs is 1. The number of amides is 2. The summed E-state index contributed by atoms with van der Waals surface area (Å²) in [6.07, 6.45) is 3.73. The van der Waals surface area contributed by atoms with E-state index in [1.54, 1.807) is 4.90 Å². The summed E-state index contributed by atoms with van der Waals surface area (Å²) in [5, 5.41) is 0.556. The van der Waals surface area contributed by atoms with Gasteiger partial charge >= 0.3 is 0 Å². The molecular formula is C16H20N4O3S. The quantitative estimate of drug-likeness (QED) is 0.881. The third kappa shape index (κ3) is 3.19. The molecule has 2 amide bonds. The zero-order valence-electron chi connectivity index (χ0n) is 13.5. The van der Waals surface area contributed by atoms with Crippen molar-refractivity contribution in [3.05, 3.63) is 27.6 Å². The minimum absolute atomic E-state index is 0.0649. The van der Waals surface area contributed by atoms with Gasteiger partial charge in [0.15, 0.2) is 0 Å². The summed E-state index contributed by atoms with van der Waals surface area (Å²) in [4.78, 5) is 44.0. The molecule has 8 heteroatoms. The number of hydrogen-bond acceptors (Lipinski definition) is 5. The standard InChI is InChI=1S/C16H20N4O3S/c1-2-11-6-12-15(24-11)18-9-20(16(12)23)8-13(21)19-5-3-4-10(7-19)14(17)22/h6,9-10H,2-5,7-8H2,1H3,(H2,17,22). The van der Waals surface area contributed by atoms with Crippen LogP contribution in [0.3, 0.4) is 0 Å². The van der Waals surface area contributed by atoms with Gasteiger partial charge in [-0.1, -0.05) is 6.92 Å². The Bertz CT molecular complexity index is 841. The van der Waals surface area contributed by atoms with Gasteiger partial charge in [0.25, 0.3) is 5.56 Å². The van der Waals surface area contributed by atoms with Gasteiger partial charge in [0.05, 0.1) is 17.6 Å².